The molecule has 6 heteroatoms. The Bertz CT molecular complexity index is 674. The fourth-order valence-corrected chi connectivity index (χ4v) is 2.16. The van der Waals surface area contributed by atoms with Crippen molar-refractivity contribution in [2.75, 3.05) is 19.0 Å². The number of nitrogens with zero attached hydrogens (tertiary/aromatic N) is 1. The van der Waals surface area contributed by atoms with Gasteiger partial charge in [-0.05, 0) is 44.2 Å². The summed E-state index contributed by atoms with van der Waals surface area (Å²) < 4.78 is 23.6. The Morgan fingerprint density at radius 3 is 2.74 bits per heavy atom. The second-order valence-electron chi connectivity index (χ2n) is 4.90. The largest absolute Gasteiger partial charge is 0.496 e. The van der Waals surface area contributed by atoms with Crippen molar-refractivity contribution < 1.29 is 18.7 Å². The lowest BCUT2D eigenvalue weighted by atomic mass is 10.1. The number of hydrogen-bond acceptors (Lipinski definition) is 5. The molecule has 122 valence electrons. The maximum Gasteiger partial charge on any atom is 0.339 e. The van der Waals surface area contributed by atoms with Gasteiger partial charge < -0.3 is 14.8 Å². The lowest BCUT2D eigenvalue weighted by molar-refractivity contribution is 0.0526. The number of benzene rings is 1. The molecule has 0 unspecified atom stereocenters. The van der Waals surface area contributed by atoms with E-state index in [9.17, 15) is 9.18 Å². The van der Waals surface area contributed by atoms with Gasteiger partial charge in [0.05, 0.1) is 25.3 Å². The third-order valence-corrected chi connectivity index (χ3v) is 3.30. The van der Waals surface area contributed by atoms with Gasteiger partial charge >= 0.3 is 5.97 Å². The van der Waals surface area contributed by atoms with E-state index >= 15 is 0 Å². The van der Waals surface area contributed by atoms with Gasteiger partial charge in [-0.2, -0.15) is 0 Å². The number of pyridine rings is 1. The molecule has 0 amide bonds. The molecule has 1 aromatic carbocycles. The van der Waals surface area contributed by atoms with Crippen molar-refractivity contribution >= 4 is 11.8 Å². The number of anilines is 1. The van der Waals surface area contributed by atoms with Crippen molar-refractivity contribution in [1.29, 1.82) is 0 Å². The smallest absolute Gasteiger partial charge is 0.339 e. The minimum absolute atomic E-state index is 0.221. The lowest BCUT2D eigenvalue weighted by Crippen LogP contribution is -2.11. The van der Waals surface area contributed by atoms with E-state index in [4.69, 9.17) is 9.47 Å². The monoisotopic (exact) mass is 318 g/mol. The van der Waals surface area contributed by atoms with Crippen molar-refractivity contribution in [2.24, 2.45) is 0 Å². The molecule has 1 aromatic heterocycles. The van der Waals surface area contributed by atoms with Crippen molar-refractivity contribution in [1.82, 2.24) is 4.98 Å². The van der Waals surface area contributed by atoms with Gasteiger partial charge in [0, 0.05) is 11.8 Å². The lowest BCUT2D eigenvalue weighted by Gasteiger charge is -2.18. The quantitative estimate of drug-likeness (QED) is 0.825. The van der Waals surface area contributed by atoms with Crippen molar-refractivity contribution in [3.63, 3.8) is 0 Å². The SMILES string of the molecule is CCOC(=O)c1ccc(N[C@H](C)c2cc(F)ccc2OC)nc1. The molecule has 5 nitrogen and oxygen atoms in total. The van der Waals surface area contributed by atoms with E-state index in [0.717, 1.165) is 0 Å². The van der Waals surface area contributed by atoms with Crippen LogP contribution in [0.2, 0.25) is 0 Å². The van der Waals surface area contributed by atoms with Crippen LogP contribution in [0.1, 0.15) is 35.8 Å². The average Bonchev–Trinajstić information content (AvgIpc) is 2.55. The molecule has 1 N–H and O–H groups in total. The molecule has 0 aliphatic heterocycles. The molecule has 0 radical (unpaired) electrons. The Balaban J connectivity index is 2.13. The summed E-state index contributed by atoms with van der Waals surface area (Å²) in [7, 11) is 1.54. The van der Waals surface area contributed by atoms with Gasteiger partial charge in [0.2, 0.25) is 0 Å². The van der Waals surface area contributed by atoms with Crippen molar-refractivity contribution in [3.8, 4) is 5.75 Å². The second kappa shape index (κ2) is 7.58. The Hall–Kier alpha value is -2.63. The zero-order chi connectivity index (χ0) is 16.8. The van der Waals surface area contributed by atoms with Crippen LogP contribution in [0.5, 0.6) is 5.75 Å². The predicted octanol–water partition coefficient (Wildman–Crippen LogP) is 3.58. The van der Waals surface area contributed by atoms with Gasteiger partial charge in [-0.15, -0.1) is 0 Å². The summed E-state index contributed by atoms with van der Waals surface area (Å²) >= 11 is 0. The molecular formula is C17H19FN2O3. The number of aromatic nitrogens is 1. The molecule has 2 rings (SSSR count). The van der Waals surface area contributed by atoms with Crippen LogP contribution in [0.25, 0.3) is 0 Å². The molecule has 1 heterocycles. The number of nitrogens with one attached hydrogen (secondary N) is 1. The van der Waals surface area contributed by atoms with Gasteiger partial charge in [-0.25, -0.2) is 14.2 Å². The molecule has 0 fully saturated rings. The normalized spacial score (nSPS) is 11.7. The van der Waals surface area contributed by atoms with Crippen LogP contribution in [0.4, 0.5) is 10.2 Å². The van der Waals surface area contributed by atoms with Crippen molar-refractivity contribution in [2.45, 2.75) is 19.9 Å². The zero-order valence-electron chi connectivity index (χ0n) is 13.3. The molecule has 0 saturated heterocycles. The highest BCUT2D eigenvalue weighted by atomic mass is 19.1. The molecule has 0 bridgehead atoms. The van der Waals surface area contributed by atoms with Crippen LogP contribution in [0, 0.1) is 5.82 Å². The highest BCUT2D eigenvalue weighted by Gasteiger charge is 2.14. The van der Waals surface area contributed by atoms with E-state index < -0.39 is 5.97 Å². The van der Waals surface area contributed by atoms with Gasteiger partial charge in [-0.1, -0.05) is 0 Å². The van der Waals surface area contributed by atoms with Gasteiger partial charge in [0.25, 0.3) is 0 Å². The zero-order valence-corrected chi connectivity index (χ0v) is 13.3. The Morgan fingerprint density at radius 2 is 2.13 bits per heavy atom. The molecule has 23 heavy (non-hydrogen) atoms. The third kappa shape index (κ3) is 4.18. The topological polar surface area (TPSA) is 60.5 Å². The summed E-state index contributed by atoms with van der Waals surface area (Å²) in [6, 6.07) is 7.43. The van der Waals surface area contributed by atoms with E-state index in [1.807, 2.05) is 6.92 Å². The molecule has 0 aliphatic rings. The maximum atomic E-state index is 13.4. The second-order valence-corrected chi connectivity index (χ2v) is 4.90. The first-order valence-electron chi connectivity index (χ1n) is 7.28. The Morgan fingerprint density at radius 1 is 1.35 bits per heavy atom. The first-order chi connectivity index (χ1) is 11.0. The number of esters is 1. The Kier molecular flexibility index (Phi) is 5.51. The number of hydrogen-bond donors (Lipinski definition) is 1. The molecular weight excluding hydrogens is 299 g/mol. The highest BCUT2D eigenvalue weighted by molar-refractivity contribution is 5.89. The summed E-state index contributed by atoms with van der Waals surface area (Å²) in [5.41, 5.74) is 1.07. The van der Waals surface area contributed by atoms with E-state index in [-0.39, 0.29) is 11.9 Å². The van der Waals surface area contributed by atoms with Crippen LogP contribution in [-0.2, 0) is 4.74 Å². The predicted molar refractivity (Wildman–Crippen MR) is 85.2 cm³/mol. The molecule has 2 aromatic rings. The summed E-state index contributed by atoms with van der Waals surface area (Å²) in [6.07, 6.45) is 1.44. The number of carbonyl (C=O) groups is 1. The van der Waals surface area contributed by atoms with Crippen LogP contribution in [0.3, 0.4) is 0 Å². The maximum absolute atomic E-state index is 13.4. The van der Waals surface area contributed by atoms with E-state index in [2.05, 4.69) is 10.3 Å². The minimum Gasteiger partial charge on any atom is -0.496 e. The average molecular weight is 318 g/mol. The fraction of sp³-hybridized carbons (Fsp3) is 0.294. The summed E-state index contributed by atoms with van der Waals surface area (Å²) in [6.45, 7) is 3.93. The molecule has 0 saturated carbocycles. The molecule has 0 spiro atoms. The minimum atomic E-state index is -0.411. The van der Waals surface area contributed by atoms with Gasteiger partial charge in [-0.3, -0.25) is 0 Å². The van der Waals surface area contributed by atoms with E-state index in [1.165, 1.54) is 25.4 Å². The van der Waals surface area contributed by atoms with E-state index in [1.54, 1.807) is 25.1 Å². The number of rotatable bonds is 6. The molecule has 1 atom stereocenters. The van der Waals surface area contributed by atoms with Gasteiger partial charge in [0.1, 0.15) is 17.4 Å². The van der Waals surface area contributed by atoms with Crippen LogP contribution >= 0.6 is 0 Å². The number of halogens is 1. The van der Waals surface area contributed by atoms with E-state index in [0.29, 0.717) is 29.3 Å². The highest BCUT2D eigenvalue weighted by Crippen LogP contribution is 2.28. The number of methoxy groups -OCH3 is 1. The fourth-order valence-electron chi connectivity index (χ4n) is 2.16. The molecule has 0 aliphatic carbocycles. The Labute approximate surface area is 134 Å². The standard InChI is InChI=1S/C17H19FN2O3/c1-4-23-17(21)12-5-8-16(19-10-12)20-11(2)14-9-13(18)6-7-15(14)22-3/h5-11H,4H2,1-3H3,(H,19,20)/t11-/m1/s1. The summed E-state index contributed by atoms with van der Waals surface area (Å²) in [5.74, 6) is 0.415. The first kappa shape index (κ1) is 16.7. The van der Waals surface area contributed by atoms with Crippen LogP contribution in [0.15, 0.2) is 36.5 Å². The van der Waals surface area contributed by atoms with Crippen LogP contribution in [-0.4, -0.2) is 24.7 Å². The van der Waals surface area contributed by atoms with Crippen molar-refractivity contribution in [3.05, 3.63) is 53.5 Å². The first-order valence-corrected chi connectivity index (χ1v) is 7.28. The van der Waals surface area contributed by atoms with Gasteiger partial charge in [0.15, 0.2) is 0 Å². The third-order valence-electron chi connectivity index (χ3n) is 3.30. The number of carbonyl (C=O) groups excluding carboxylic acids is 1. The summed E-state index contributed by atoms with van der Waals surface area (Å²) in [5, 5.41) is 3.15. The van der Waals surface area contributed by atoms with Crippen LogP contribution < -0.4 is 10.1 Å². The summed E-state index contributed by atoms with van der Waals surface area (Å²) in [4.78, 5) is 15.8. The number of ether oxygens (including phenoxy) is 2.